The third-order valence-electron chi connectivity index (χ3n) is 1.71. The van der Waals surface area contributed by atoms with Gasteiger partial charge in [-0.15, -0.1) is 0 Å². The van der Waals surface area contributed by atoms with E-state index in [0.717, 1.165) is 6.17 Å². The predicted molar refractivity (Wildman–Crippen MR) is 60.1 cm³/mol. The molecular weight excluding hydrogens is 200 g/mol. The summed E-state index contributed by atoms with van der Waals surface area (Å²) in [5, 5.41) is 3.12. The van der Waals surface area contributed by atoms with Gasteiger partial charge in [-0.25, -0.2) is 0 Å². The Balaban J connectivity index is 4.00. The molecule has 13 heavy (non-hydrogen) atoms. The van der Waals surface area contributed by atoms with Gasteiger partial charge in [0, 0.05) is 19.9 Å². The molecule has 3 N–H and O–H groups in total. The minimum Gasteiger partial charge on any atom is -0.435 e. The van der Waals surface area contributed by atoms with E-state index in [0.29, 0.717) is 6.67 Å². The van der Waals surface area contributed by atoms with Crippen LogP contribution in [-0.4, -0.2) is 36.8 Å². The second kappa shape index (κ2) is 5.23. The zero-order valence-electron chi connectivity index (χ0n) is 9.31. The summed E-state index contributed by atoms with van der Waals surface area (Å²) >= 11 is 0. The Morgan fingerprint density at radius 3 is 2.15 bits per heavy atom. The molecule has 0 aromatic rings. The van der Waals surface area contributed by atoms with Crippen molar-refractivity contribution in [3.63, 3.8) is 0 Å². The normalized spacial score (nSPS) is 13.4. The van der Waals surface area contributed by atoms with Gasteiger partial charge in [-0.05, 0) is 26.2 Å². The Labute approximate surface area is 83.2 Å². The van der Waals surface area contributed by atoms with Gasteiger partial charge < -0.3 is 19.6 Å². The minimum atomic E-state index is -1.88. The van der Waals surface area contributed by atoms with Gasteiger partial charge in [-0.2, -0.15) is 0 Å². The lowest BCUT2D eigenvalue weighted by Crippen LogP contribution is -2.52. The van der Waals surface area contributed by atoms with E-state index in [2.05, 4.69) is 31.5 Å². The highest BCUT2D eigenvalue weighted by molar-refractivity contribution is 6.82. The highest BCUT2D eigenvalue weighted by Crippen LogP contribution is 2.13. The van der Waals surface area contributed by atoms with Gasteiger partial charge in [0.15, 0.2) is 8.32 Å². The van der Waals surface area contributed by atoms with Crippen molar-refractivity contribution in [2.24, 2.45) is 5.73 Å². The van der Waals surface area contributed by atoms with Crippen LogP contribution in [0.1, 0.15) is 0 Å². The summed E-state index contributed by atoms with van der Waals surface area (Å²) < 4.78 is 11.4. The van der Waals surface area contributed by atoms with E-state index in [4.69, 9.17) is 14.3 Å². The first-order valence-corrected chi connectivity index (χ1v) is 10.4. The molecule has 0 saturated heterocycles. The molecule has 0 heterocycles. The van der Waals surface area contributed by atoms with Crippen LogP contribution in [0.4, 0.5) is 0 Å². The van der Waals surface area contributed by atoms with E-state index in [1.54, 1.807) is 7.11 Å². The van der Waals surface area contributed by atoms with E-state index in [1.165, 1.54) is 0 Å². The largest absolute Gasteiger partial charge is 0.435 e. The quantitative estimate of drug-likeness (QED) is 0.510. The van der Waals surface area contributed by atoms with Gasteiger partial charge in [0.25, 0.3) is 0 Å². The number of nitrogens with one attached hydrogen (secondary N) is 1. The third kappa shape index (κ3) is 6.36. The molecule has 0 aliphatic heterocycles. The average Bonchev–Trinajstić information content (AvgIpc) is 1.99. The summed E-state index contributed by atoms with van der Waals surface area (Å²) in [7, 11) is -1.80. The third-order valence-corrected chi connectivity index (χ3v) is 7.97. The molecule has 0 bridgehead atoms. The second-order valence-electron chi connectivity index (χ2n) is 4.10. The Bertz CT molecular complexity index is 153. The van der Waals surface area contributed by atoms with E-state index in [9.17, 15) is 0 Å². The van der Waals surface area contributed by atoms with Crippen molar-refractivity contribution in [1.29, 1.82) is 0 Å². The van der Waals surface area contributed by atoms with E-state index in [1.807, 2.05) is 0 Å². The van der Waals surface area contributed by atoms with Crippen molar-refractivity contribution in [3.05, 3.63) is 0 Å². The zero-order chi connectivity index (χ0) is 10.5. The Morgan fingerprint density at radius 2 is 1.77 bits per heavy atom. The minimum absolute atomic E-state index is 0.509. The highest BCUT2D eigenvalue weighted by Gasteiger charge is 2.33. The fourth-order valence-electron chi connectivity index (χ4n) is 1.12. The molecule has 0 fully saturated rings. The summed E-state index contributed by atoms with van der Waals surface area (Å²) in [5.41, 5.74) is 5.37. The summed E-state index contributed by atoms with van der Waals surface area (Å²) in [6.07, 6.45) is 0.878. The maximum atomic E-state index is 6.01. The molecule has 0 aromatic carbocycles. The first kappa shape index (κ1) is 13.3. The molecular formula is C7H22N2O2Si2. The molecule has 0 saturated carbocycles. The van der Waals surface area contributed by atoms with E-state index in [-0.39, 0.29) is 0 Å². The van der Waals surface area contributed by atoms with Crippen LogP contribution in [0.25, 0.3) is 0 Å². The molecule has 0 spiro atoms. The summed E-state index contributed by atoms with van der Waals surface area (Å²) in [6, 6.07) is 0. The van der Waals surface area contributed by atoms with Gasteiger partial charge in [0.05, 0.1) is 0 Å². The molecule has 0 rings (SSSR count). The van der Waals surface area contributed by atoms with Crippen molar-refractivity contribution in [3.8, 4) is 0 Å². The zero-order valence-corrected chi connectivity index (χ0v) is 11.3. The molecule has 6 heteroatoms. The molecule has 0 radical (unpaired) electrons. The van der Waals surface area contributed by atoms with Crippen LogP contribution >= 0.6 is 0 Å². The average molecular weight is 222 g/mol. The second-order valence-corrected chi connectivity index (χ2v) is 12.0. The molecule has 0 amide bonds. The topological polar surface area (TPSA) is 56.5 Å². The fourth-order valence-corrected chi connectivity index (χ4v) is 7.81. The van der Waals surface area contributed by atoms with Crippen molar-refractivity contribution in [2.45, 2.75) is 26.2 Å². The monoisotopic (exact) mass is 222 g/mol. The van der Waals surface area contributed by atoms with Gasteiger partial charge in [0.2, 0.25) is 0 Å². The smallest absolute Gasteiger partial charge is 0.321 e. The van der Waals surface area contributed by atoms with Gasteiger partial charge in [-0.3, -0.25) is 0 Å². The molecule has 0 aliphatic carbocycles. The van der Waals surface area contributed by atoms with Crippen LogP contribution in [0.2, 0.25) is 26.2 Å². The van der Waals surface area contributed by atoms with Gasteiger partial charge in [0.1, 0.15) is 0 Å². The number of hydrogen-bond donors (Lipinski definition) is 2. The van der Waals surface area contributed by atoms with Crippen LogP contribution < -0.4 is 11.1 Å². The fraction of sp³-hybridized carbons (Fsp3) is 1.00. The number of hydrogen-bond acceptors (Lipinski definition) is 4. The van der Waals surface area contributed by atoms with Crippen molar-refractivity contribution >= 4 is 16.9 Å². The van der Waals surface area contributed by atoms with Crippen LogP contribution in [0.15, 0.2) is 0 Å². The van der Waals surface area contributed by atoms with E-state index < -0.39 is 16.9 Å². The van der Waals surface area contributed by atoms with Crippen LogP contribution in [0, 0.1) is 0 Å². The molecule has 0 aromatic heterocycles. The first-order valence-electron chi connectivity index (χ1n) is 4.49. The number of nitrogens with two attached hydrogens (primary N) is 1. The Morgan fingerprint density at radius 1 is 1.23 bits per heavy atom. The highest BCUT2D eigenvalue weighted by atomic mass is 28.4. The van der Waals surface area contributed by atoms with Gasteiger partial charge in [-0.1, -0.05) is 0 Å². The Kier molecular flexibility index (Phi) is 5.34. The standard InChI is InChI=1S/C7H22N2O2Si2/c1-10-13(4,5)11-12(2,3)7-9-6-8/h9H,6-8H2,1-5H3. The van der Waals surface area contributed by atoms with Gasteiger partial charge >= 0.3 is 8.56 Å². The molecule has 4 nitrogen and oxygen atoms in total. The SMILES string of the molecule is CO[Si](C)(C)O[Si](C)(C)CNCN. The maximum absolute atomic E-state index is 6.01. The summed E-state index contributed by atoms with van der Waals surface area (Å²) in [6.45, 7) is 8.97. The Hall–Kier alpha value is 0.274. The molecule has 0 atom stereocenters. The lowest BCUT2D eigenvalue weighted by atomic mass is 11.1. The van der Waals surface area contributed by atoms with Crippen molar-refractivity contribution in [2.75, 3.05) is 19.9 Å². The van der Waals surface area contributed by atoms with Crippen LogP contribution in [-0.2, 0) is 8.54 Å². The summed E-state index contributed by atoms with van der Waals surface area (Å²) in [5.74, 6) is 0. The lowest BCUT2D eigenvalue weighted by molar-refractivity contribution is 0.309. The van der Waals surface area contributed by atoms with E-state index >= 15 is 0 Å². The molecule has 80 valence electrons. The first-order chi connectivity index (χ1) is 5.83. The molecule has 0 aliphatic rings. The number of rotatable bonds is 6. The predicted octanol–water partition coefficient (Wildman–Crippen LogP) is 0.601. The van der Waals surface area contributed by atoms with Crippen molar-refractivity contribution < 1.29 is 8.54 Å². The summed E-state index contributed by atoms with van der Waals surface area (Å²) in [4.78, 5) is 0. The maximum Gasteiger partial charge on any atom is 0.321 e. The lowest BCUT2D eigenvalue weighted by Gasteiger charge is -2.32. The van der Waals surface area contributed by atoms with Crippen LogP contribution in [0.3, 0.4) is 0 Å². The molecule has 0 unspecified atom stereocenters. The van der Waals surface area contributed by atoms with Crippen molar-refractivity contribution in [1.82, 2.24) is 5.32 Å². The van der Waals surface area contributed by atoms with Crippen LogP contribution in [0.5, 0.6) is 0 Å².